The maximum absolute atomic E-state index is 14.0. The molecule has 5 rings (SSSR count). The molecule has 29 heteroatoms. The number of anilines is 1. The van der Waals surface area contributed by atoms with Gasteiger partial charge in [0.2, 0.25) is 23.3 Å². The number of ether oxygens (including phenoxy) is 11. The lowest BCUT2D eigenvalue weighted by Crippen LogP contribution is -2.45. The minimum atomic E-state index is -5.65. The van der Waals surface area contributed by atoms with Crippen LogP contribution in [0.15, 0.2) is 45.8 Å². The highest BCUT2D eigenvalue weighted by molar-refractivity contribution is 7.85. The molecule has 3 aromatic rings. The third-order valence-electron chi connectivity index (χ3n) is 11.8. The fourth-order valence-electron chi connectivity index (χ4n) is 7.67. The van der Waals surface area contributed by atoms with Crippen LogP contribution in [0.1, 0.15) is 46.3 Å². The first-order chi connectivity index (χ1) is 39.7. The smallest absolute Gasteiger partial charge is 0.313 e. The first kappa shape index (κ1) is 67.5. The lowest BCUT2D eigenvalue weighted by atomic mass is 10.1. The van der Waals surface area contributed by atoms with Crippen LogP contribution in [-0.4, -0.2) is 213 Å². The monoisotopic (exact) mass is 1210 g/mol. The van der Waals surface area contributed by atoms with Crippen molar-refractivity contribution in [3.8, 4) is 5.75 Å². The largest absolute Gasteiger partial charge is 0.420 e. The number of esters is 1. The molecule has 1 fully saturated rings. The van der Waals surface area contributed by atoms with Crippen LogP contribution in [0.25, 0.3) is 6.08 Å². The van der Waals surface area contributed by atoms with E-state index in [9.17, 15) is 40.4 Å². The van der Waals surface area contributed by atoms with Gasteiger partial charge in [-0.2, -0.15) is 17.2 Å². The number of hydrogen-bond acceptors (Lipinski definition) is 21. The van der Waals surface area contributed by atoms with Crippen molar-refractivity contribution in [1.29, 1.82) is 0 Å². The molecule has 0 unspecified atom stereocenters. The van der Waals surface area contributed by atoms with Crippen LogP contribution in [0.5, 0.6) is 5.75 Å². The summed E-state index contributed by atoms with van der Waals surface area (Å²) in [6.07, 6.45) is 2.54. The van der Waals surface area contributed by atoms with Gasteiger partial charge < -0.3 is 73.4 Å². The van der Waals surface area contributed by atoms with Gasteiger partial charge in [-0.05, 0) is 42.8 Å². The molecule has 0 atom stereocenters. The summed E-state index contributed by atoms with van der Waals surface area (Å²) in [5, 5.41) is 5.84. The van der Waals surface area contributed by atoms with Gasteiger partial charge in [-0.1, -0.05) is 6.92 Å². The zero-order valence-electron chi connectivity index (χ0n) is 45.9. The van der Waals surface area contributed by atoms with E-state index in [1.54, 1.807) is 11.3 Å². The SMILES string of the molecule is CCCNC(=O)C1=Cc2sc(CN3CCN(c4ccc(C(=O)NCCOCCOCCOCCOCCOCCOCCOCCOCCOCCOCCC(=O)Oc5c(F)c(F)c(S(=O)(=O)O)c(F)c5F)cc4)CC3)cc2N=C(N)C1. The van der Waals surface area contributed by atoms with Crippen molar-refractivity contribution < 1.29 is 97.0 Å². The van der Waals surface area contributed by atoms with Crippen LogP contribution in [0.4, 0.5) is 28.9 Å². The average molecular weight is 1210 g/mol. The maximum atomic E-state index is 14.0. The minimum absolute atomic E-state index is 0.0193. The first-order valence-corrected chi connectivity index (χ1v) is 29.0. The van der Waals surface area contributed by atoms with Gasteiger partial charge in [-0.15, -0.1) is 11.3 Å². The van der Waals surface area contributed by atoms with Crippen LogP contribution < -0.4 is 26.0 Å². The van der Waals surface area contributed by atoms with Crippen LogP contribution in [0.2, 0.25) is 0 Å². The van der Waals surface area contributed by atoms with Gasteiger partial charge in [-0.25, -0.2) is 13.8 Å². The van der Waals surface area contributed by atoms with Gasteiger partial charge in [-0.3, -0.25) is 23.8 Å². The number of piperazine rings is 1. The fourth-order valence-corrected chi connectivity index (χ4v) is 9.41. The molecule has 82 heavy (non-hydrogen) atoms. The molecule has 0 aliphatic carbocycles. The van der Waals surface area contributed by atoms with Crippen molar-refractivity contribution in [2.24, 2.45) is 10.7 Å². The molecule has 0 spiro atoms. The standard InChI is InChI=1S/C53H74F4N6O17S2/c1-2-8-59-53(66)39-34-43-42(61-44(58)35-39)36-41(81-43)37-62-10-12-63(13-11-62)40-5-3-38(4-6-40)52(65)60-9-15-71-17-19-73-21-23-75-25-27-77-29-31-79-33-32-78-30-28-76-26-24-74-22-20-72-18-16-70-14-7-45(64)80-50-46(54)48(56)51(82(67,68)69)49(57)47(50)55/h3-6,34,36H,2,7-33,35,37H2,1H3,(H2,58,61)(H,59,66)(H,60,65)(H,67,68,69). The molecule has 458 valence electrons. The van der Waals surface area contributed by atoms with Crippen molar-refractivity contribution in [2.45, 2.75) is 37.6 Å². The number of hydrogen-bond donors (Lipinski definition) is 4. The number of amides is 2. The van der Waals surface area contributed by atoms with Crippen LogP contribution >= 0.6 is 11.3 Å². The number of carbonyl (C=O) groups excluding carboxylic acids is 3. The summed E-state index contributed by atoms with van der Waals surface area (Å²) in [5.41, 5.74) is 9.26. The fraction of sp³-hybridized carbons (Fsp3) is 0.585. The van der Waals surface area contributed by atoms with Crippen LogP contribution in [0, 0.1) is 23.3 Å². The predicted molar refractivity (Wildman–Crippen MR) is 292 cm³/mol. The normalized spacial score (nSPS) is 13.9. The van der Waals surface area contributed by atoms with Gasteiger partial charge in [0.1, 0.15) is 5.84 Å². The lowest BCUT2D eigenvalue weighted by molar-refractivity contribution is -0.136. The molecule has 2 aliphatic rings. The van der Waals surface area contributed by atoms with Crippen molar-refractivity contribution in [3.05, 3.63) is 74.5 Å². The van der Waals surface area contributed by atoms with E-state index < -0.39 is 56.4 Å². The molecule has 0 radical (unpaired) electrons. The number of rotatable bonds is 42. The number of halogens is 4. The van der Waals surface area contributed by atoms with E-state index in [1.165, 1.54) is 4.88 Å². The van der Waals surface area contributed by atoms with Gasteiger partial charge >= 0.3 is 16.1 Å². The number of nitrogens with two attached hydrogens (primary N) is 1. The Balaban J connectivity index is 0.723. The van der Waals surface area contributed by atoms with Gasteiger partial charge in [0.05, 0.1) is 149 Å². The third kappa shape index (κ3) is 24.5. The van der Waals surface area contributed by atoms with Crippen molar-refractivity contribution in [3.63, 3.8) is 0 Å². The van der Waals surface area contributed by atoms with Crippen LogP contribution in [-0.2, 0) is 73.6 Å². The molecule has 0 bridgehead atoms. The molecular weight excluding hydrogens is 1130 g/mol. The molecule has 2 aromatic carbocycles. The molecule has 2 aliphatic heterocycles. The van der Waals surface area contributed by atoms with E-state index in [0.29, 0.717) is 136 Å². The Morgan fingerprint density at radius 3 is 1.55 bits per heavy atom. The van der Waals surface area contributed by atoms with E-state index in [2.05, 4.69) is 36.2 Å². The molecule has 3 heterocycles. The second-order valence-electron chi connectivity index (χ2n) is 18.0. The Morgan fingerprint density at radius 1 is 0.634 bits per heavy atom. The van der Waals surface area contributed by atoms with Crippen molar-refractivity contribution in [1.82, 2.24) is 15.5 Å². The Bertz CT molecular complexity index is 2580. The van der Waals surface area contributed by atoms with Crippen LogP contribution in [0.3, 0.4) is 0 Å². The second-order valence-corrected chi connectivity index (χ2v) is 20.5. The number of carbonyl (C=O) groups is 3. The van der Waals surface area contributed by atoms with Gasteiger partial charge in [0.25, 0.3) is 5.91 Å². The minimum Gasteiger partial charge on any atom is -0.420 e. The Hall–Kier alpha value is -5.25. The quantitative estimate of drug-likeness (QED) is 0.0155. The summed E-state index contributed by atoms with van der Waals surface area (Å²) >= 11 is 1.65. The highest BCUT2D eigenvalue weighted by atomic mass is 32.2. The molecule has 0 saturated carbocycles. The Labute approximate surface area is 478 Å². The summed E-state index contributed by atoms with van der Waals surface area (Å²) < 4.78 is 145. The number of fused-ring (bicyclic) bond motifs is 1. The second kappa shape index (κ2) is 37.8. The first-order valence-electron chi connectivity index (χ1n) is 26.8. The predicted octanol–water partition coefficient (Wildman–Crippen LogP) is 4.07. The highest BCUT2D eigenvalue weighted by Crippen LogP contribution is 2.36. The highest BCUT2D eigenvalue weighted by Gasteiger charge is 2.34. The number of thiophene rings is 1. The number of nitrogens with one attached hydrogen (secondary N) is 2. The Morgan fingerprint density at radius 2 is 1.09 bits per heavy atom. The summed E-state index contributed by atoms with van der Waals surface area (Å²) in [7, 11) is -5.65. The molecule has 2 amide bonds. The van der Waals surface area contributed by atoms with E-state index in [-0.39, 0.29) is 44.8 Å². The summed E-state index contributed by atoms with van der Waals surface area (Å²) in [5.74, 6) is -12.5. The summed E-state index contributed by atoms with van der Waals surface area (Å²) in [6, 6.07) is 9.74. The van der Waals surface area contributed by atoms with Gasteiger partial charge in [0, 0.05) is 73.9 Å². The molecule has 23 nitrogen and oxygen atoms in total. The lowest BCUT2D eigenvalue weighted by Gasteiger charge is -2.36. The molecule has 1 aromatic heterocycles. The molecule has 1 saturated heterocycles. The maximum Gasteiger partial charge on any atom is 0.313 e. The van der Waals surface area contributed by atoms with E-state index >= 15 is 0 Å². The van der Waals surface area contributed by atoms with Crippen molar-refractivity contribution >= 4 is 62.5 Å². The van der Waals surface area contributed by atoms with E-state index in [4.69, 9.17) is 57.7 Å². The van der Waals surface area contributed by atoms with E-state index in [0.717, 1.165) is 55.4 Å². The Kier molecular flexibility index (Phi) is 31.2. The number of aliphatic imine (C=N–C) groups is 1. The van der Waals surface area contributed by atoms with E-state index in [1.807, 2.05) is 37.3 Å². The molecular formula is C53H74F4N6O17S2. The third-order valence-corrected chi connectivity index (χ3v) is 13.7. The number of benzene rings is 2. The zero-order valence-corrected chi connectivity index (χ0v) is 47.5. The number of nitrogens with zero attached hydrogens (tertiary/aromatic N) is 3. The summed E-state index contributed by atoms with van der Waals surface area (Å²) in [4.78, 5) is 46.4. The van der Waals surface area contributed by atoms with Crippen molar-refractivity contribution in [2.75, 3.05) is 176 Å². The number of amidine groups is 1. The summed E-state index contributed by atoms with van der Waals surface area (Å²) in [6.45, 7) is 13.4. The zero-order chi connectivity index (χ0) is 59.0. The average Bonchev–Trinajstić information content (AvgIpc) is 3.75. The van der Waals surface area contributed by atoms with Gasteiger partial charge in [0.15, 0.2) is 16.5 Å². The topological polar surface area (TPSA) is 276 Å². The molecule has 5 N–H and O–H groups in total.